The fourth-order valence-corrected chi connectivity index (χ4v) is 2.35. The molecule has 1 N–H and O–H groups in total. The van der Waals surface area contributed by atoms with Gasteiger partial charge >= 0.3 is 5.97 Å². The van der Waals surface area contributed by atoms with E-state index in [0.717, 1.165) is 10.6 Å². The normalized spacial score (nSPS) is 10.1. The molecule has 0 atom stereocenters. The quantitative estimate of drug-likeness (QED) is 0.883. The number of carboxylic acids is 1. The number of carboxylic acid groups (broad SMARTS) is 1. The molecular weight excluding hydrogens is 234 g/mol. The molecule has 2 aromatic rings. The van der Waals surface area contributed by atoms with E-state index in [-0.39, 0.29) is 6.54 Å². The second-order valence-electron chi connectivity index (χ2n) is 3.66. The van der Waals surface area contributed by atoms with Crippen LogP contribution in [0.4, 0.5) is 5.69 Å². The Kier molecular flexibility index (Phi) is 3.77. The zero-order valence-corrected chi connectivity index (χ0v) is 10.1. The largest absolute Gasteiger partial charge is 0.480 e. The number of hydrogen-bond donors (Lipinski definition) is 1. The Balaban J connectivity index is 2.16. The minimum Gasteiger partial charge on any atom is -0.480 e. The van der Waals surface area contributed by atoms with E-state index < -0.39 is 5.97 Å². The second-order valence-corrected chi connectivity index (χ2v) is 4.70. The first-order chi connectivity index (χ1) is 8.25. The third-order valence-electron chi connectivity index (χ3n) is 2.37. The van der Waals surface area contributed by atoms with Gasteiger partial charge in [-0.2, -0.15) is 0 Å². The highest BCUT2D eigenvalue weighted by Crippen LogP contribution is 2.18. The Bertz CT molecular complexity index is 467. The summed E-state index contributed by atoms with van der Waals surface area (Å²) in [5, 5.41) is 10.9. The van der Waals surface area contributed by atoms with E-state index in [1.165, 1.54) is 0 Å². The fourth-order valence-electron chi connectivity index (χ4n) is 1.63. The second kappa shape index (κ2) is 5.50. The molecule has 0 saturated carbocycles. The molecule has 3 nitrogen and oxygen atoms in total. The summed E-state index contributed by atoms with van der Waals surface area (Å²) in [4.78, 5) is 13.9. The Morgan fingerprint density at radius 2 is 1.94 bits per heavy atom. The van der Waals surface area contributed by atoms with Gasteiger partial charge in [0, 0.05) is 10.6 Å². The number of anilines is 1. The van der Waals surface area contributed by atoms with Crippen LogP contribution in [0.2, 0.25) is 0 Å². The zero-order chi connectivity index (χ0) is 12.1. The van der Waals surface area contributed by atoms with Gasteiger partial charge in [-0.05, 0) is 23.6 Å². The Hall–Kier alpha value is -1.81. The van der Waals surface area contributed by atoms with Crippen molar-refractivity contribution < 1.29 is 9.90 Å². The number of thiophene rings is 1. The van der Waals surface area contributed by atoms with Crippen LogP contribution in [0, 0.1) is 0 Å². The van der Waals surface area contributed by atoms with E-state index in [0.29, 0.717) is 6.54 Å². The van der Waals surface area contributed by atoms with E-state index >= 15 is 0 Å². The SMILES string of the molecule is O=C(O)CN(Cc1cccs1)c1ccccc1. The lowest BCUT2D eigenvalue weighted by atomic mass is 10.2. The van der Waals surface area contributed by atoms with Crippen molar-refractivity contribution in [3.8, 4) is 0 Å². The summed E-state index contributed by atoms with van der Waals surface area (Å²) in [7, 11) is 0. The first-order valence-electron chi connectivity index (χ1n) is 5.30. The molecule has 0 fully saturated rings. The van der Waals surface area contributed by atoms with Crippen molar-refractivity contribution >= 4 is 23.0 Å². The molecular formula is C13H13NO2S. The maximum Gasteiger partial charge on any atom is 0.323 e. The molecule has 1 aromatic carbocycles. The first-order valence-corrected chi connectivity index (χ1v) is 6.18. The van der Waals surface area contributed by atoms with Crippen LogP contribution in [0.3, 0.4) is 0 Å². The lowest BCUT2D eigenvalue weighted by Gasteiger charge is -2.22. The number of nitrogens with zero attached hydrogens (tertiary/aromatic N) is 1. The fraction of sp³-hybridized carbons (Fsp3) is 0.154. The van der Waals surface area contributed by atoms with Crippen LogP contribution in [0.5, 0.6) is 0 Å². The van der Waals surface area contributed by atoms with Crippen molar-refractivity contribution in [3.63, 3.8) is 0 Å². The Morgan fingerprint density at radius 1 is 1.18 bits per heavy atom. The zero-order valence-electron chi connectivity index (χ0n) is 9.24. The summed E-state index contributed by atoms with van der Waals surface area (Å²) in [6.07, 6.45) is 0. The van der Waals surface area contributed by atoms with Gasteiger partial charge in [0.25, 0.3) is 0 Å². The van der Waals surface area contributed by atoms with Crippen LogP contribution in [-0.4, -0.2) is 17.6 Å². The third kappa shape index (κ3) is 3.32. The van der Waals surface area contributed by atoms with Crippen molar-refractivity contribution in [2.45, 2.75) is 6.54 Å². The van der Waals surface area contributed by atoms with Crippen molar-refractivity contribution in [2.24, 2.45) is 0 Å². The molecule has 0 bridgehead atoms. The molecule has 0 aliphatic rings. The lowest BCUT2D eigenvalue weighted by Crippen LogP contribution is -2.28. The summed E-state index contributed by atoms with van der Waals surface area (Å²) in [6.45, 7) is 0.649. The van der Waals surface area contributed by atoms with Crippen LogP contribution < -0.4 is 4.90 Å². The van der Waals surface area contributed by atoms with Gasteiger partial charge in [0.15, 0.2) is 0 Å². The number of rotatable bonds is 5. The molecule has 17 heavy (non-hydrogen) atoms. The molecule has 88 valence electrons. The van der Waals surface area contributed by atoms with Gasteiger partial charge in [-0.1, -0.05) is 24.3 Å². The Labute approximate surface area is 104 Å². The van der Waals surface area contributed by atoms with Gasteiger partial charge in [-0.15, -0.1) is 11.3 Å². The first kappa shape index (κ1) is 11.7. The monoisotopic (exact) mass is 247 g/mol. The molecule has 0 amide bonds. The number of carbonyl (C=O) groups is 1. The molecule has 0 saturated heterocycles. The van der Waals surface area contributed by atoms with Gasteiger partial charge < -0.3 is 10.0 Å². The molecule has 2 rings (SSSR count). The van der Waals surface area contributed by atoms with E-state index in [1.807, 2.05) is 52.7 Å². The highest BCUT2D eigenvalue weighted by molar-refractivity contribution is 7.09. The van der Waals surface area contributed by atoms with Crippen molar-refractivity contribution in [3.05, 3.63) is 52.7 Å². The highest BCUT2D eigenvalue weighted by atomic mass is 32.1. The van der Waals surface area contributed by atoms with Crippen LogP contribution in [0.1, 0.15) is 4.88 Å². The van der Waals surface area contributed by atoms with Crippen molar-refractivity contribution in [1.29, 1.82) is 0 Å². The van der Waals surface area contributed by atoms with E-state index in [2.05, 4.69) is 0 Å². The standard InChI is InChI=1S/C13H13NO2S/c15-13(16)10-14(9-12-7-4-8-17-12)11-5-2-1-3-6-11/h1-8H,9-10H2,(H,15,16). The average molecular weight is 247 g/mol. The maximum atomic E-state index is 10.9. The van der Waals surface area contributed by atoms with Gasteiger partial charge in [0.2, 0.25) is 0 Å². The summed E-state index contributed by atoms with van der Waals surface area (Å²) in [5.41, 5.74) is 0.934. The van der Waals surface area contributed by atoms with Gasteiger partial charge in [0.05, 0.1) is 6.54 Å². The van der Waals surface area contributed by atoms with Crippen molar-refractivity contribution in [2.75, 3.05) is 11.4 Å². The highest BCUT2D eigenvalue weighted by Gasteiger charge is 2.11. The van der Waals surface area contributed by atoms with E-state index in [4.69, 9.17) is 5.11 Å². The molecule has 0 unspecified atom stereocenters. The predicted octanol–water partition coefficient (Wildman–Crippen LogP) is 2.84. The summed E-state index contributed by atoms with van der Waals surface area (Å²) in [5.74, 6) is -0.814. The molecule has 0 aliphatic carbocycles. The lowest BCUT2D eigenvalue weighted by molar-refractivity contribution is -0.135. The number of benzene rings is 1. The minimum absolute atomic E-state index is 0.0158. The van der Waals surface area contributed by atoms with Crippen LogP contribution in [-0.2, 0) is 11.3 Å². The van der Waals surface area contributed by atoms with Crippen LogP contribution in [0.25, 0.3) is 0 Å². The number of para-hydroxylation sites is 1. The topological polar surface area (TPSA) is 40.5 Å². The Morgan fingerprint density at radius 3 is 2.53 bits per heavy atom. The summed E-state index contributed by atoms with van der Waals surface area (Å²) < 4.78 is 0. The molecule has 4 heteroatoms. The summed E-state index contributed by atoms with van der Waals surface area (Å²) >= 11 is 1.64. The molecule has 1 heterocycles. The minimum atomic E-state index is -0.814. The number of aliphatic carboxylic acids is 1. The van der Waals surface area contributed by atoms with Gasteiger partial charge in [-0.3, -0.25) is 4.79 Å². The molecule has 0 aliphatic heterocycles. The van der Waals surface area contributed by atoms with E-state index in [9.17, 15) is 4.79 Å². The van der Waals surface area contributed by atoms with Gasteiger partial charge in [0.1, 0.15) is 6.54 Å². The third-order valence-corrected chi connectivity index (χ3v) is 3.24. The summed E-state index contributed by atoms with van der Waals surface area (Å²) in [6, 6.07) is 13.6. The smallest absolute Gasteiger partial charge is 0.323 e. The molecule has 1 aromatic heterocycles. The van der Waals surface area contributed by atoms with Crippen LogP contribution >= 0.6 is 11.3 Å². The van der Waals surface area contributed by atoms with Crippen LogP contribution in [0.15, 0.2) is 47.8 Å². The predicted molar refractivity (Wildman–Crippen MR) is 69.4 cm³/mol. The maximum absolute atomic E-state index is 10.9. The molecule has 0 spiro atoms. The van der Waals surface area contributed by atoms with E-state index in [1.54, 1.807) is 11.3 Å². The van der Waals surface area contributed by atoms with Crippen molar-refractivity contribution in [1.82, 2.24) is 0 Å². The molecule has 0 radical (unpaired) electrons. The van der Waals surface area contributed by atoms with Gasteiger partial charge in [-0.25, -0.2) is 0 Å². The average Bonchev–Trinajstić information content (AvgIpc) is 2.82. The number of hydrogen-bond acceptors (Lipinski definition) is 3.